The summed E-state index contributed by atoms with van der Waals surface area (Å²) in [6, 6.07) is 11.4. The van der Waals surface area contributed by atoms with E-state index >= 15 is 0 Å². The molecule has 2 aromatic rings. The van der Waals surface area contributed by atoms with Crippen molar-refractivity contribution in [3.05, 3.63) is 58.1 Å². The molecule has 0 aliphatic carbocycles. The number of amides is 1. The lowest BCUT2D eigenvalue weighted by Gasteiger charge is -2.34. The molecule has 0 aromatic heterocycles. The molecule has 2 aromatic carbocycles. The monoisotopic (exact) mass is 516 g/mol. The lowest BCUT2D eigenvalue weighted by atomic mass is 10.1. The van der Waals surface area contributed by atoms with Crippen LogP contribution >= 0.6 is 23.2 Å². The van der Waals surface area contributed by atoms with Crippen LogP contribution in [-0.4, -0.2) is 50.3 Å². The van der Waals surface area contributed by atoms with Gasteiger partial charge in [-0.15, -0.1) is 0 Å². The van der Waals surface area contributed by atoms with Gasteiger partial charge in [0.05, 0.1) is 16.3 Å². The van der Waals surface area contributed by atoms with Gasteiger partial charge in [0.25, 0.3) is 0 Å². The van der Waals surface area contributed by atoms with Crippen LogP contribution in [0.25, 0.3) is 0 Å². The molecule has 2 unspecified atom stereocenters. The maximum Gasteiger partial charge on any atom is 0.303 e. The number of nitrogens with one attached hydrogen (secondary N) is 1. The van der Waals surface area contributed by atoms with E-state index in [0.717, 1.165) is 11.8 Å². The van der Waals surface area contributed by atoms with E-state index in [0.29, 0.717) is 27.9 Å². The van der Waals surface area contributed by atoms with Gasteiger partial charge >= 0.3 is 5.97 Å². The van der Waals surface area contributed by atoms with Crippen molar-refractivity contribution in [1.82, 2.24) is 4.90 Å². The molecule has 0 aliphatic rings. The van der Waals surface area contributed by atoms with Crippen molar-refractivity contribution in [3.63, 3.8) is 0 Å². The number of esters is 1. The van der Waals surface area contributed by atoms with Crippen LogP contribution < -0.4 is 9.46 Å². The van der Waals surface area contributed by atoms with Crippen LogP contribution in [0.1, 0.15) is 26.3 Å². The largest absolute Gasteiger partial charge is 0.466 e. The summed E-state index contributed by atoms with van der Waals surface area (Å²) in [6.07, 6.45) is -0.204. The van der Waals surface area contributed by atoms with E-state index in [9.17, 15) is 18.0 Å². The zero-order valence-electron chi connectivity index (χ0n) is 18.7. The van der Waals surface area contributed by atoms with E-state index in [1.807, 2.05) is 6.07 Å². The second-order valence-electron chi connectivity index (χ2n) is 7.43. The van der Waals surface area contributed by atoms with Gasteiger partial charge in [0.2, 0.25) is 22.2 Å². The number of halogens is 2. The van der Waals surface area contributed by atoms with Crippen molar-refractivity contribution < 1.29 is 27.5 Å². The van der Waals surface area contributed by atoms with Gasteiger partial charge in [0, 0.05) is 26.1 Å². The maximum absolute atomic E-state index is 12.5. The Balaban J connectivity index is 2.25. The quantitative estimate of drug-likeness (QED) is 0.376. The number of anilines is 1. The van der Waals surface area contributed by atoms with Gasteiger partial charge in [-0.3, -0.25) is 14.3 Å². The molecule has 0 fully saturated rings. The van der Waals surface area contributed by atoms with E-state index in [4.69, 9.17) is 32.7 Å². The van der Waals surface area contributed by atoms with Crippen LogP contribution in [0.3, 0.4) is 0 Å². The third-order valence-electron chi connectivity index (χ3n) is 4.50. The zero-order valence-corrected chi connectivity index (χ0v) is 21.0. The molecule has 1 amide bonds. The highest BCUT2D eigenvalue weighted by molar-refractivity contribution is 7.92. The Hall–Kier alpha value is -2.49. The number of benzene rings is 2. The van der Waals surface area contributed by atoms with Gasteiger partial charge in [-0.25, -0.2) is 8.42 Å². The Morgan fingerprint density at radius 1 is 1.06 bits per heavy atom. The first-order chi connectivity index (χ1) is 15.4. The third kappa shape index (κ3) is 8.75. The number of sulfonamides is 1. The van der Waals surface area contributed by atoms with Crippen LogP contribution in [0.4, 0.5) is 5.69 Å². The molecule has 180 valence electrons. The minimum absolute atomic E-state index is 0.261. The van der Waals surface area contributed by atoms with Crippen LogP contribution in [-0.2, 0) is 30.8 Å². The molecule has 2 rings (SSSR count). The Morgan fingerprint density at radius 2 is 1.70 bits per heavy atom. The van der Waals surface area contributed by atoms with Crippen molar-refractivity contribution in [2.75, 3.05) is 17.5 Å². The number of ether oxygens (including phenoxy) is 2. The molecular formula is C22H26Cl2N2O6S. The second kappa shape index (κ2) is 11.6. The highest BCUT2D eigenvalue weighted by atomic mass is 35.5. The van der Waals surface area contributed by atoms with Crippen molar-refractivity contribution in [2.24, 2.45) is 0 Å². The Kier molecular flexibility index (Phi) is 9.39. The van der Waals surface area contributed by atoms with Gasteiger partial charge in [0.15, 0.2) is 6.10 Å². The van der Waals surface area contributed by atoms with Crippen molar-refractivity contribution in [3.8, 4) is 5.75 Å². The third-order valence-corrected chi connectivity index (χ3v) is 5.85. The molecule has 1 N–H and O–H groups in total. The summed E-state index contributed by atoms with van der Waals surface area (Å²) in [5.41, 5.74) is 1.23. The summed E-state index contributed by atoms with van der Waals surface area (Å²) in [4.78, 5) is 25.5. The SMILES string of the molecule is CC(=O)OC(C)C(Oc1ccc(NS(C)(=O)=O)cc1)N(CCc1ccc(Cl)c(Cl)c1)C(C)=O. The predicted molar refractivity (Wildman–Crippen MR) is 128 cm³/mol. The summed E-state index contributed by atoms with van der Waals surface area (Å²) in [6.45, 7) is 4.55. The fourth-order valence-electron chi connectivity index (χ4n) is 3.10. The molecule has 8 nitrogen and oxygen atoms in total. The molecule has 0 saturated heterocycles. The van der Waals surface area contributed by atoms with Crippen molar-refractivity contribution in [2.45, 2.75) is 39.5 Å². The van der Waals surface area contributed by atoms with Crippen LogP contribution in [0.15, 0.2) is 42.5 Å². The molecule has 0 spiro atoms. The average Bonchev–Trinajstić information content (AvgIpc) is 2.69. The summed E-state index contributed by atoms with van der Waals surface area (Å²) in [5, 5.41) is 0.842. The normalized spacial score (nSPS) is 13.0. The van der Waals surface area contributed by atoms with Crippen molar-refractivity contribution in [1.29, 1.82) is 0 Å². The first-order valence-corrected chi connectivity index (χ1v) is 12.6. The molecule has 0 bridgehead atoms. The lowest BCUT2D eigenvalue weighted by molar-refractivity contribution is -0.163. The van der Waals surface area contributed by atoms with E-state index in [1.165, 1.54) is 30.9 Å². The van der Waals surface area contributed by atoms with E-state index in [2.05, 4.69) is 4.72 Å². The molecule has 33 heavy (non-hydrogen) atoms. The Bertz CT molecular complexity index is 1090. The molecular weight excluding hydrogens is 491 g/mol. The van der Waals surface area contributed by atoms with Gasteiger partial charge in [0.1, 0.15) is 5.75 Å². The molecule has 2 atom stereocenters. The fraction of sp³-hybridized carbons (Fsp3) is 0.364. The lowest BCUT2D eigenvalue weighted by Crippen LogP contribution is -2.50. The van der Waals surface area contributed by atoms with E-state index < -0.39 is 28.3 Å². The predicted octanol–water partition coefficient (Wildman–Crippen LogP) is 4.11. The molecule has 11 heteroatoms. The van der Waals surface area contributed by atoms with E-state index in [1.54, 1.807) is 31.2 Å². The van der Waals surface area contributed by atoms with Gasteiger partial charge in [-0.05, 0) is 55.3 Å². The summed E-state index contributed by atoms with van der Waals surface area (Å²) in [7, 11) is -3.42. The summed E-state index contributed by atoms with van der Waals surface area (Å²) >= 11 is 12.1. The highest BCUT2D eigenvalue weighted by Crippen LogP contribution is 2.24. The molecule has 0 radical (unpaired) electrons. The van der Waals surface area contributed by atoms with E-state index in [-0.39, 0.29) is 12.5 Å². The minimum atomic E-state index is -3.42. The van der Waals surface area contributed by atoms with Crippen molar-refractivity contribution >= 4 is 50.8 Å². The number of hydrogen-bond donors (Lipinski definition) is 1. The first kappa shape index (κ1) is 26.8. The smallest absolute Gasteiger partial charge is 0.303 e. The number of rotatable bonds is 10. The molecule has 0 aliphatic heterocycles. The van der Waals surface area contributed by atoms with Crippen LogP contribution in [0.5, 0.6) is 5.75 Å². The number of carbonyl (C=O) groups is 2. The fourth-order valence-corrected chi connectivity index (χ4v) is 3.98. The highest BCUT2D eigenvalue weighted by Gasteiger charge is 2.30. The molecule has 0 saturated carbocycles. The first-order valence-electron chi connectivity index (χ1n) is 9.98. The Labute approximate surface area is 203 Å². The number of hydrogen-bond acceptors (Lipinski definition) is 6. The Morgan fingerprint density at radius 3 is 2.21 bits per heavy atom. The maximum atomic E-state index is 12.5. The second-order valence-corrected chi connectivity index (χ2v) is 10.00. The number of nitrogens with zero attached hydrogens (tertiary/aromatic N) is 1. The average molecular weight is 517 g/mol. The zero-order chi connectivity index (χ0) is 24.8. The summed E-state index contributed by atoms with van der Waals surface area (Å²) < 4.78 is 36.5. The van der Waals surface area contributed by atoms with Gasteiger partial charge in [-0.1, -0.05) is 29.3 Å². The standard InChI is InChI=1S/C22H26Cl2N2O6S/c1-14(31-16(3)28)22(32-19-8-6-18(7-9-19)25-33(4,29)30)26(15(2)27)12-11-17-5-10-20(23)21(24)13-17/h5-10,13-14,22,25H,11-12H2,1-4H3. The van der Waals surface area contributed by atoms with Gasteiger partial charge in [-0.2, -0.15) is 0 Å². The van der Waals surface area contributed by atoms with Crippen LogP contribution in [0.2, 0.25) is 10.0 Å². The van der Waals surface area contributed by atoms with Crippen LogP contribution in [0, 0.1) is 0 Å². The van der Waals surface area contributed by atoms with Gasteiger partial charge < -0.3 is 14.4 Å². The minimum Gasteiger partial charge on any atom is -0.466 e. The topological polar surface area (TPSA) is 102 Å². The molecule has 0 heterocycles. The summed E-state index contributed by atoms with van der Waals surface area (Å²) in [5.74, 6) is -0.440. The number of carbonyl (C=O) groups excluding carboxylic acids is 2.